The molecule has 236 valence electrons. The Morgan fingerprint density at radius 1 is 0.549 bits per heavy atom. The lowest BCUT2D eigenvalue weighted by atomic mass is 10.00. The van der Waals surface area contributed by atoms with Gasteiger partial charge in [-0.1, -0.05) is 103 Å². The highest BCUT2D eigenvalue weighted by Crippen LogP contribution is 2.41. The lowest BCUT2D eigenvalue weighted by Crippen LogP contribution is -1.98. The average Bonchev–Trinajstić information content (AvgIpc) is 3.85. The summed E-state index contributed by atoms with van der Waals surface area (Å²) in [5.74, 6) is 3.07. The molecule has 0 aliphatic heterocycles. The molecule has 11 aromatic rings. The molecule has 0 spiro atoms. The Kier molecular flexibility index (Phi) is 5.86. The monoisotopic (exact) mass is 667 g/mol. The van der Waals surface area contributed by atoms with E-state index < -0.39 is 0 Å². The van der Waals surface area contributed by atoms with Crippen molar-refractivity contribution in [3.05, 3.63) is 151 Å². The summed E-state index contributed by atoms with van der Waals surface area (Å²) in [6, 6.07) is 50.7. The average molecular weight is 668 g/mol. The molecule has 51 heavy (non-hydrogen) atoms. The smallest absolute Gasteiger partial charge is 0.143 e. The fourth-order valence-electron chi connectivity index (χ4n) is 7.77. The number of terminal acetylenes is 1. The van der Waals surface area contributed by atoms with E-state index in [2.05, 4.69) is 132 Å². The lowest BCUT2D eigenvalue weighted by Gasteiger charge is -2.14. The van der Waals surface area contributed by atoms with Crippen molar-refractivity contribution >= 4 is 86.3 Å². The summed E-state index contributed by atoms with van der Waals surface area (Å²) < 4.78 is 9.77. The highest BCUT2D eigenvalue weighted by molar-refractivity contribution is 7.25. The minimum atomic E-state index is 0.827. The molecule has 5 heteroatoms. The number of hydrogen-bond acceptors (Lipinski definition) is 4. The third-order valence-electron chi connectivity index (χ3n) is 10.1. The maximum absolute atomic E-state index is 6.37. The van der Waals surface area contributed by atoms with Crippen molar-refractivity contribution in [2.75, 3.05) is 0 Å². The maximum atomic E-state index is 6.37. The number of thiophene rings is 1. The first-order valence-electron chi connectivity index (χ1n) is 16.9. The van der Waals surface area contributed by atoms with Crippen LogP contribution in [0, 0.1) is 12.3 Å². The van der Waals surface area contributed by atoms with Crippen molar-refractivity contribution in [1.29, 1.82) is 0 Å². The summed E-state index contributed by atoms with van der Waals surface area (Å²) >= 11 is 1.69. The molecule has 11 rings (SSSR count). The minimum absolute atomic E-state index is 0.827. The van der Waals surface area contributed by atoms with Crippen molar-refractivity contribution < 1.29 is 4.42 Å². The van der Waals surface area contributed by atoms with Gasteiger partial charge in [0, 0.05) is 48.1 Å². The number of furan rings is 1. The molecule has 0 unspecified atom stereocenters. The zero-order valence-corrected chi connectivity index (χ0v) is 27.9. The fourth-order valence-corrected chi connectivity index (χ4v) is 8.79. The van der Waals surface area contributed by atoms with Crippen LogP contribution in [0.1, 0.15) is 5.56 Å². The summed E-state index contributed by atoms with van der Waals surface area (Å²) in [6.45, 7) is 0. The van der Waals surface area contributed by atoms with Crippen LogP contribution in [0.25, 0.3) is 103 Å². The van der Waals surface area contributed by atoms with Gasteiger partial charge < -0.3 is 8.98 Å². The van der Waals surface area contributed by atoms with Gasteiger partial charge in [-0.05, 0) is 53.9 Å². The predicted octanol–water partition coefficient (Wildman–Crippen LogP) is 12.3. The van der Waals surface area contributed by atoms with E-state index in [1.54, 1.807) is 11.3 Å². The molecule has 4 aromatic heterocycles. The van der Waals surface area contributed by atoms with Gasteiger partial charge in [-0.3, -0.25) is 0 Å². The van der Waals surface area contributed by atoms with Crippen LogP contribution in [-0.4, -0.2) is 14.5 Å². The second-order valence-corrected chi connectivity index (χ2v) is 13.9. The quantitative estimate of drug-likeness (QED) is 0.176. The molecule has 0 saturated heterocycles. The predicted molar refractivity (Wildman–Crippen MR) is 213 cm³/mol. The molecule has 7 aromatic carbocycles. The third kappa shape index (κ3) is 4.09. The summed E-state index contributed by atoms with van der Waals surface area (Å²) in [4.78, 5) is 11.6. The molecule has 0 fully saturated rings. The van der Waals surface area contributed by atoms with Crippen molar-refractivity contribution in [3.8, 4) is 40.5 Å². The van der Waals surface area contributed by atoms with E-state index in [4.69, 9.17) is 20.8 Å². The number of hydrogen-bond donors (Lipinski definition) is 0. The summed E-state index contributed by atoms with van der Waals surface area (Å²) in [5, 5.41) is 7.65. The largest absolute Gasteiger partial charge is 0.456 e. The second kappa shape index (κ2) is 10.6. The van der Waals surface area contributed by atoms with Gasteiger partial charge in [-0.2, -0.15) is 0 Å². The van der Waals surface area contributed by atoms with Gasteiger partial charge in [0.1, 0.15) is 21.5 Å². The molecular weight excluding hydrogens is 643 g/mol. The molecule has 0 radical (unpaired) electrons. The number of para-hydroxylation sites is 2. The Bertz CT molecular complexity index is 3270. The van der Waals surface area contributed by atoms with Gasteiger partial charge in [0.25, 0.3) is 0 Å². The van der Waals surface area contributed by atoms with Crippen LogP contribution in [0.15, 0.2) is 150 Å². The number of nitrogens with zero attached hydrogens (tertiary/aromatic N) is 3. The van der Waals surface area contributed by atoms with Gasteiger partial charge in [0.15, 0.2) is 0 Å². The third-order valence-corrected chi connectivity index (χ3v) is 11.1. The van der Waals surface area contributed by atoms with Gasteiger partial charge in [0.2, 0.25) is 0 Å². The van der Waals surface area contributed by atoms with E-state index in [1.807, 2.05) is 24.3 Å². The molecule has 0 amide bonds. The number of rotatable bonds is 3. The zero-order chi connectivity index (χ0) is 33.6. The normalized spacial score (nSPS) is 11.9. The van der Waals surface area contributed by atoms with Gasteiger partial charge in [-0.25, -0.2) is 9.97 Å². The Morgan fingerprint density at radius 3 is 2.18 bits per heavy atom. The first-order valence-corrected chi connectivity index (χ1v) is 17.7. The number of benzene rings is 7. The Morgan fingerprint density at radius 2 is 1.29 bits per heavy atom. The molecule has 4 heterocycles. The standard InChI is InChI=1S/C46H25N3OS/c1-2-30-34-26-41-36(32-15-7-10-18-40(32)50-41)24-28(34)20-22-38(30)49-37-17-9-6-14-31(37)35-25-29(21-23-39(35)49)44-43(27-12-4-3-5-13-27)48-46-45(47-44)33-16-8-11-19-42(33)51-46/h1,3-26H. The van der Waals surface area contributed by atoms with Crippen LogP contribution >= 0.6 is 11.3 Å². The Hall–Kier alpha value is -6.74. The molecule has 0 aliphatic carbocycles. The molecular formula is C46H25N3OS. The molecule has 0 aliphatic rings. The van der Waals surface area contributed by atoms with Crippen LogP contribution in [0.4, 0.5) is 0 Å². The van der Waals surface area contributed by atoms with Crippen LogP contribution in [0.3, 0.4) is 0 Å². The first kappa shape index (κ1) is 28.1. The summed E-state index contributed by atoms with van der Waals surface area (Å²) in [7, 11) is 0. The van der Waals surface area contributed by atoms with Crippen LogP contribution in [0.2, 0.25) is 0 Å². The van der Waals surface area contributed by atoms with E-state index in [9.17, 15) is 0 Å². The highest BCUT2D eigenvalue weighted by Gasteiger charge is 2.21. The number of aromatic nitrogens is 3. The van der Waals surface area contributed by atoms with Crippen LogP contribution in [-0.2, 0) is 0 Å². The van der Waals surface area contributed by atoms with Crippen molar-refractivity contribution in [3.63, 3.8) is 0 Å². The zero-order valence-electron chi connectivity index (χ0n) is 27.1. The highest BCUT2D eigenvalue weighted by atomic mass is 32.1. The molecule has 0 N–H and O–H groups in total. The van der Waals surface area contributed by atoms with Crippen LogP contribution in [0.5, 0.6) is 0 Å². The van der Waals surface area contributed by atoms with E-state index in [1.165, 1.54) is 4.70 Å². The van der Waals surface area contributed by atoms with Gasteiger partial charge >= 0.3 is 0 Å². The molecule has 0 saturated carbocycles. The summed E-state index contributed by atoms with van der Waals surface area (Å²) in [5.41, 5.74) is 10.3. The minimum Gasteiger partial charge on any atom is -0.456 e. The SMILES string of the molecule is C#Cc1c(-n2c3ccccc3c3cc(-c4nc5c(nc4-c4ccccc4)sc4ccccc45)ccc32)ccc2cc3c(cc12)oc1ccccc13. The fraction of sp³-hybridized carbons (Fsp3) is 0. The lowest BCUT2D eigenvalue weighted by molar-refractivity contribution is 0.669. The molecule has 0 bridgehead atoms. The topological polar surface area (TPSA) is 43.9 Å². The Labute approximate surface area is 295 Å². The van der Waals surface area contributed by atoms with Gasteiger partial charge in [0.05, 0.1) is 33.7 Å². The maximum Gasteiger partial charge on any atom is 0.143 e. The molecule has 4 nitrogen and oxygen atoms in total. The van der Waals surface area contributed by atoms with Crippen molar-refractivity contribution in [2.45, 2.75) is 0 Å². The second-order valence-electron chi connectivity index (χ2n) is 12.9. The summed E-state index contributed by atoms with van der Waals surface area (Å²) in [6.07, 6.45) is 6.37. The van der Waals surface area contributed by atoms with Crippen molar-refractivity contribution in [1.82, 2.24) is 14.5 Å². The van der Waals surface area contributed by atoms with E-state index in [0.717, 1.165) is 104 Å². The van der Waals surface area contributed by atoms with Crippen LogP contribution < -0.4 is 0 Å². The Balaban J connectivity index is 1.17. The first-order chi connectivity index (χ1) is 25.2. The van der Waals surface area contributed by atoms with Crippen molar-refractivity contribution in [2.24, 2.45) is 0 Å². The van der Waals surface area contributed by atoms with E-state index >= 15 is 0 Å². The molecule has 0 atom stereocenters. The van der Waals surface area contributed by atoms with E-state index in [0.29, 0.717) is 0 Å². The van der Waals surface area contributed by atoms with E-state index in [-0.39, 0.29) is 0 Å². The number of fused-ring (bicyclic) bond motifs is 10. The van der Waals surface area contributed by atoms with Gasteiger partial charge in [-0.15, -0.1) is 17.8 Å².